The number of hydrogen-bond acceptors (Lipinski definition) is 5. The van der Waals surface area contributed by atoms with Crippen LogP contribution in [0, 0.1) is 6.92 Å². The summed E-state index contributed by atoms with van der Waals surface area (Å²) in [5, 5.41) is 8.12. The zero-order valence-corrected chi connectivity index (χ0v) is 12.1. The van der Waals surface area contributed by atoms with Crippen LogP contribution in [0.5, 0.6) is 5.75 Å². The highest BCUT2D eigenvalue weighted by Crippen LogP contribution is 2.11. The fraction of sp³-hybridized carbons (Fsp3) is 0.188. The Kier molecular flexibility index (Phi) is 4.00. The normalized spacial score (nSPS) is 10.6. The highest BCUT2D eigenvalue weighted by molar-refractivity contribution is 5.20. The molecular weight excluding hydrogens is 282 g/mol. The minimum Gasteiger partial charge on any atom is -0.487 e. The van der Waals surface area contributed by atoms with Gasteiger partial charge >= 0.3 is 5.63 Å². The first-order chi connectivity index (χ1) is 10.7. The van der Waals surface area contributed by atoms with Crippen molar-refractivity contribution in [2.45, 2.75) is 20.1 Å². The van der Waals surface area contributed by atoms with Gasteiger partial charge in [-0.05, 0) is 12.5 Å². The first-order valence-corrected chi connectivity index (χ1v) is 6.86. The molecule has 0 radical (unpaired) electrons. The summed E-state index contributed by atoms with van der Waals surface area (Å²) in [6, 6.07) is 13.0. The van der Waals surface area contributed by atoms with Crippen LogP contribution in [-0.2, 0) is 13.2 Å². The maximum atomic E-state index is 11.3. The molecule has 112 valence electrons. The molecule has 2 heterocycles. The second-order valence-corrected chi connectivity index (χ2v) is 4.90. The molecule has 0 spiro atoms. The number of ether oxygens (including phenoxy) is 1. The van der Waals surface area contributed by atoms with Gasteiger partial charge in [0.05, 0.1) is 18.8 Å². The van der Waals surface area contributed by atoms with Crippen molar-refractivity contribution >= 4 is 0 Å². The summed E-state index contributed by atoms with van der Waals surface area (Å²) in [5.41, 5.74) is 1.42. The Morgan fingerprint density at radius 3 is 2.82 bits per heavy atom. The maximum absolute atomic E-state index is 11.3. The molecule has 0 atom stereocenters. The molecule has 2 aromatic heterocycles. The summed E-state index contributed by atoms with van der Waals surface area (Å²) in [5.74, 6) is 0.974. The van der Waals surface area contributed by atoms with Gasteiger partial charge in [0.1, 0.15) is 23.8 Å². The molecule has 3 aromatic rings. The molecule has 3 rings (SSSR count). The molecular formula is C16H15N3O3. The number of nitrogens with zero attached hydrogens (tertiary/aromatic N) is 3. The lowest BCUT2D eigenvalue weighted by atomic mass is 10.2. The molecule has 22 heavy (non-hydrogen) atoms. The fourth-order valence-corrected chi connectivity index (χ4v) is 2.07. The molecule has 0 saturated heterocycles. The summed E-state index contributed by atoms with van der Waals surface area (Å²) in [6.45, 7) is 2.60. The van der Waals surface area contributed by atoms with Gasteiger partial charge in [0.15, 0.2) is 0 Å². The van der Waals surface area contributed by atoms with Crippen LogP contribution in [0.4, 0.5) is 0 Å². The van der Waals surface area contributed by atoms with E-state index in [0.29, 0.717) is 23.7 Å². The average molecular weight is 297 g/mol. The third-order valence-corrected chi connectivity index (χ3v) is 3.03. The van der Waals surface area contributed by atoms with Crippen LogP contribution >= 0.6 is 0 Å². The number of aryl methyl sites for hydroxylation is 1. The van der Waals surface area contributed by atoms with Crippen LogP contribution in [0.15, 0.2) is 57.9 Å². The van der Waals surface area contributed by atoms with E-state index in [1.807, 2.05) is 36.5 Å². The van der Waals surface area contributed by atoms with Crippen molar-refractivity contribution in [1.82, 2.24) is 15.0 Å². The lowest BCUT2D eigenvalue weighted by Gasteiger charge is -2.03. The molecule has 0 aliphatic rings. The maximum Gasteiger partial charge on any atom is 0.339 e. The van der Waals surface area contributed by atoms with E-state index >= 15 is 0 Å². The van der Waals surface area contributed by atoms with Gasteiger partial charge in [-0.2, -0.15) is 0 Å². The average Bonchev–Trinajstić information content (AvgIpc) is 2.93. The van der Waals surface area contributed by atoms with Crippen molar-refractivity contribution in [2.75, 3.05) is 0 Å². The summed E-state index contributed by atoms with van der Waals surface area (Å²) < 4.78 is 12.2. The van der Waals surface area contributed by atoms with E-state index in [2.05, 4.69) is 10.3 Å². The van der Waals surface area contributed by atoms with Gasteiger partial charge in [0, 0.05) is 6.07 Å². The van der Waals surface area contributed by atoms with Gasteiger partial charge in [0.2, 0.25) is 0 Å². The van der Waals surface area contributed by atoms with Crippen molar-refractivity contribution < 1.29 is 9.15 Å². The Morgan fingerprint density at radius 1 is 1.23 bits per heavy atom. The van der Waals surface area contributed by atoms with Gasteiger partial charge in [-0.1, -0.05) is 35.5 Å². The van der Waals surface area contributed by atoms with Crippen LogP contribution in [-0.4, -0.2) is 15.0 Å². The third-order valence-electron chi connectivity index (χ3n) is 3.03. The highest BCUT2D eigenvalue weighted by Gasteiger charge is 2.04. The number of hydrogen-bond donors (Lipinski definition) is 0. The molecule has 0 aliphatic carbocycles. The largest absolute Gasteiger partial charge is 0.487 e. The van der Waals surface area contributed by atoms with Crippen molar-refractivity contribution in [3.8, 4) is 5.75 Å². The van der Waals surface area contributed by atoms with Gasteiger partial charge in [-0.25, -0.2) is 9.48 Å². The lowest BCUT2D eigenvalue weighted by molar-refractivity contribution is 0.295. The topological polar surface area (TPSA) is 70.2 Å². The Morgan fingerprint density at radius 2 is 2.05 bits per heavy atom. The minimum absolute atomic E-state index is 0.248. The third kappa shape index (κ3) is 3.60. The monoisotopic (exact) mass is 297 g/mol. The number of aromatic nitrogens is 3. The molecule has 0 saturated carbocycles. The van der Waals surface area contributed by atoms with Gasteiger partial charge in [-0.3, -0.25) is 0 Å². The van der Waals surface area contributed by atoms with E-state index in [1.165, 1.54) is 6.07 Å². The quantitative estimate of drug-likeness (QED) is 0.722. The van der Waals surface area contributed by atoms with Gasteiger partial charge < -0.3 is 9.15 Å². The molecule has 0 N–H and O–H groups in total. The Bertz CT molecular complexity index is 809. The number of rotatable bonds is 5. The van der Waals surface area contributed by atoms with E-state index in [-0.39, 0.29) is 6.61 Å². The fourth-order valence-electron chi connectivity index (χ4n) is 2.07. The predicted molar refractivity (Wildman–Crippen MR) is 79.6 cm³/mol. The van der Waals surface area contributed by atoms with Crippen molar-refractivity contribution in [2.24, 2.45) is 0 Å². The second kappa shape index (κ2) is 6.26. The Balaban J connectivity index is 1.63. The number of benzene rings is 1. The van der Waals surface area contributed by atoms with E-state index < -0.39 is 5.63 Å². The molecule has 0 fully saturated rings. The standard InChI is InChI=1S/C16H15N3O3/c1-12-7-15(8-16(20)22-12)21-11-14-10-19(18-17-14)9-13-5-3-2-4-6-13/h2-8,10H,9,11H2,1H3. The van der Waals surface area contributed by atoms with E-state index in [4.69, 9.17) is 9.15 Å². The first-order valence-electron chi connectivity index (χ1n) is 6.86. The van der Waals surface area contributed by atoms with Crippen molar-refractivity contribution in [3.05, 3.63) is 76.1 Å². The SMILES string of the molecule is Cc1cc(OCc2cn(Cc3ccccc3)nn2)cc(=O)o1. The highest BCUT2D eigenvalue weighted by atomic mass is 16.5. The van der Waals surface area contributed by atoms with E-state index in [0.717, 1.165) is 5.56 Å². The molecule has 0 unspecified atom stereocenters. The smallest absolute Gasteiger partial charge is 0.339 e. The zero-order chi connectivity index (χ0) is 15.4. The molecule has 1 aromatic carbocycles. The molecule has 0 amide bonds. The lowest BCUT2D eigenvalue weighted by Crippen LogP contribution is -2.02. The zero-order valence-electron chi connectivity index (χ0n) is 12.1. The van der Waals surface area contributed by atoms with E-state index in [9.17, 15) is 4.79 Å². The van der Waals surface area contributed by atoms with Crippen LogP contribution in [0.1, 0.15) is 17.0 Å². The van der Waals surface area contributed by atoms with Crippen LogP contribution < -0.4 is 10.4 Å². The Labute approximate surface area is 127 Å². The second-order valence-electron chi connectivity index (χ2n) is 4.90. The van der Waals surface area contributed by atoms with Gasteiger partial charge in [-0.15, -0.1) is 5.10 Å². The molecule has 0 bridgehead atoms. The van der Waals surface area contributed by atoms with Gasteiger partial charge in [0.25, 0.3) is 0 Å². The first kappa shape index (κ1) is 14.1. The van der Waals surface area contributed by atoms with Crippen LogP contribution in [0.3, 0.4) is 0 Å². The van der Waals surface area contributed by atoms with Crippen molar-refractivity contribution in [3.63, 3.8) is 0 Å². The van der Waals surface area contributed by atoms with Crippen LogP contribution in [0.2, 0.25) is 0 Å². The summed E-state index contributed by atoms with van der Waals surface area (Å²) in [6.07, 6.45) is 1.82. The van der Waals surface area contributed by atoms with Crippen molar-refractivity contribution in [1.29, 1.82) is 0 Å². The molecule has 6 heteroatoms. The van der Waals surface area contributed by atoms with E-state index in [1.54, 1.807) is 17.7 Å². The summed E-state index contributed by atoms with van der Waals surface area (Å²) in [4.78, 5) is 11.3. The molecule has 6 nitrogen and oxygen atoms in total. The minimum atomic E-state index is -0.428. The molecule has 0 aliphatic heterocycles. The summed E-state index contributed by atoms with van der Waals surface area (Å²) >= 11 is 0. The Hall–Kier alpha value is -2.89. The van der Waals surface area contributed by atoms with Crippen LogP contribution in [0.25, 0.3) is 0 Å². The predicted octanol–water partition coefficient (Wildman–Crippen LogP) is 2.17. The summed E-state index contributed by atoms with van der Waals surface area (Å²) in [7, 11) is 0.